The maximum atomic E-state index is 12.7. The second-order valence-corrected chi connectivity index (χ2v) is 9.55. The molecular weight excluding hydrogens is 378 g/mol. The molecule has 0 radical (unpaired) electrons. The van der Waals surface area contributed by atoms with Gasteiger partial charge in [0.25, 0.3) is 0 Å². The molecule has 29 heavy (non-hydrogen) atoms. The van der Waals surface area contributed by atoms with Gasteiger partial charge >= 0.3 is 0 Å². The van der Waals surface area contributed by atoms with Crippen molar-refractivity contribution < 1.29 is 4.79 Å². The highest BCUT2D eigenvalue weighted by molar-refractivity contribution is 8.00. The summed E-state index contributed by atoms with van der Waals surface area (Å²) in [5.74, 6) is 0.811. The molecule has 4 nitrogen and oxygen atoms in total. The number of amides is 1. The Labute approximate surface area is 178 Å². The van der Waals surface area contributed by atoms with E-state index in [1.165, 1.54) is 37.9 Å². The van der Waals surface area contributed by atoms with E-state index in [-0.39, 0.29) is 5.91 Å². The first-order valence-electron chi connectivity index (χ1n) is 10.8. The molecule has 1 unspecified atom stereocenters. The van der Waals surface area contributed by atoms with Crippen molar-refractivity contribution in [2.45, 2.75) is 37.0 Å². The van der Waals surface area contributed by atoms with E-state index in [2.05, 4.69) is 45.1 Å². The Bertz CT molecular complexity index is 785. The van der Waals surface area contributed by atoms with Gasteiger partial charge in [0.05, 0.1) is 5.75 Å². The summed E-state index contributed by atoms with van der Waals surface area (Å²) in [5.41, 5.74) is 1.76. The second-order valence-electron chi connectivity index (χ2n) is 8.51. The van der Waals surface area contributed by atoms with Crippen LogP contribution < -0.4 is 0 Å². The minimum atomic E-state index is 0.282. The number of thioether (sulfide) groups is 1. The van der Waals surface area contributed by atoms with Gasteiger partial charge in [-0.15, -0.1) is 11.8 Å². The van der Waals surface area contributed by atoms with Crippen molar-refractivity contribution in [1.29, 1.82) is 0 Å². The summed E-state index contributed by atoms with van der Waals surface area (Å²) in [6.45, 7) is 5.40. The molecule has 0 bridgehead atoms. The monoisotopic (exact) mass is 409 g/mol. The predicted molar refractivity (Wildman–Crippen MR) is 119 cm³/mol. The molecule has 2 saturated heterocycles. The summed E-state index contributed by atoms with van der Waals surface area (Å²) in [7, 11) is 0. The Hall–Kier alpha value is -1.85. The molecule has 4 rings (SSSR count). The molecule has 5 heteroatoms. The third-order valence-corrected chi connectivity index (χ3v) is 7.32. The van der Waals surface area contributed by atoms with Crippen LogP contribution in [0.5, 0.6) is 0 Å². The van der Waals surface area contributed by atoms with E-state index in [0.717, 1.165) is 37.4 Å². The lowest BCUT2D eigenvalue weighted by Gasteiger charge is -2.40. The predicted octanol–water partition coefficient (Wildman–Crippen LogP) is 4.12. The summed E-state index contributed by atoms with van der Waals surface area (Å²) < 4.78 is 0. The van der Waals surface area contributed by atoms with Crippen LogP contribution in [0.4, 0.5) is 0 Å². The molecule has 1 amide bonds. The third kappa shape index (κ3) is 5.61. The standard InChI is InChI=1S/C24H31N3OS/c28-23(18-29-22-9-13-25-14-10-22)27-17-12-24(20-27)11-5-16-26(19-24)15-4-8-21-6-2-1-3-7-21/h1-3,6-7,9-10,13-14H,4-5,8,11-12,15-20H2. The van der Waals surface area contributed by atoms with Gasteiger partial charge in [0.1, 0.15) is 0 Å². The van der Waals surface area contributed by atoms with Crippen LogP contribution in [-0.2, 0) is 11.2 Å². The smallest absolute Gasteiger partial charge is 0.232 e. The Balaban J connectivity index is 1.23. The summed E-state index contributed by atoms with van der Waals surface area (Å²) in [6, 6.07) is 14.7. The molecule has 0 N–H and O–H groups in total. The van der Waals surface area contributed by atoms with Crippen LogP contribution in [0, 0.1) is 5.41 Å². The van der Waals surface area contributed by atoms with E-state index < -0.39 is 0 Å². The molecule has 2 fully saturated rings. The molecule has 2 aromatic rings. The fraction of sp³-hybridized carbons (Fsp3) is 0.500. The summed E-state index contributed by atoms with van der Waals surface area (Å²) in [5, 5.41) is 0. The van der Waals surface area contributed by atoms with Gasteiger partial charge in [-0.25, -0.2) is 0 Å². The number of carbonyl (C=O) groups excluding carboxylic acids is 1. The van der Waals surface area contributed by atoms with Crippen molar-refractivity contribution in [3.63, 3.8) is 0 Å². The van der Waals surface area contributed by atoms with Crippen molar-refractivity contribution >= 4 is 17.7 Å². The fourth-order valence-electron chi connectivity index (χ4n) is 4.80. The number of piperidine rings is 1. The van der Waals surface area contributed by atoms with Crippen molar-refractivity contribution in [3.8, 4) is 0 Å². The summed E-state index contributed by atoms with van der Waals surface area (Å²) in [4.78, 5) is 22.6. The topological polar surface area (TPSA) is 36.4 Å². The number of aromatic nitrogens is 1. The van der Waals surface area contributed by atoms with Gasteiger partial charge in [-0.05, 0) is 62.9 Å². The SMILES string of the molecule is O=C(CSc1ccncc1)N1CCC2(CCCN(CCCc3ccccc3)C2)C1. The molecule has 1 spiro atoms. The van der Waals surface area contributed by atoms with Gasteiger partial charge in [0, 0.05) is 42.3 Å². The van der Waals surface area contributed by atoms with Crippen LogP contribution in [0.2, 0.25) is 0 Å². The lowest BCUT2D eigenvalue weighted by Crippen LogP contribution is -2.45. The highest BCUT2D eigenvalue weighted by Gasteiger charge is 2.42. The lowest BCUT2D eigenvalue weighted by molar-refractivity contribution is -0.127. The van der Waals surface area contributed by atoms with Gasteiger partial charge < -0.3 is 9.80 Å². The number of benzene rings is 1. The molecule has 2 aliphatic rings. The Morgan fingerprint density at radius 1 is 1.03 bits per heavy atom. The lowest BCUT2D eigenvalue weighted by atomic mass is 9.79. The maximum absolute atomic E-state index is 12.7. The largest absolute Gasteiger partial charge is 0.341 e. The molecule has 1 aromatic carbocycles. The van der Waals surface area contributed by atoms with Crippen LogP contribution >= 0.6 is 11.8 Å². The molecule has 1 aromatic heterocycles. The maximum Gasteiger partial charge on any atom is 0.232 e. The third-order valence-electron chi connectivity index (χ3n) is 6.33. The number of rotatable bonds is 7. The average Bonchev–Trinajstić information content (AvgIpc) is 3.17. The Kier molecular flexibility index (Phi) is 6.88. The number of hydrogen-bond acceptors (Lipinski definition) is 4. The number of likely N-dealkylation sites (tertiary alicyclic amines) is 2. The second kappa shape index (κ2) is 9.77. The molecular formula is C24H31N3OS. The van der Waals surface area contributed by atoms with Gasteiger partial charge in [0.15, 0.2) is 0 Å². The van der Waals surface area contributed by atoms with Gasteiger partial charge in [-0.3, -0.25) is 9.78 Å². The van der Waals surface area contributed by atoms with Gasteiger partial charge in [-0.1, -0.05) is 30.3 Å². The van der Waals surface area contributed by atoms with Crippen molar-refractivity contribution in [2.24, 2.45) is 5.41 Å². The number of nitrogens with zero attached hydrogens (tertiary/aromatic N) is 3. The number of hydrogen-bond donors (Lipinski definition) is 0. The Morgan fingerprint density at radius 3 is 2.69 bits per heavy atom. The van der Waals surface area contributed by atoms with Crippen LogP contribution in [-0.4, -0.2) is 59.2 Å². The van der Waals surface area contributed by atoms with Crippen molar-refractivity contribution in [3.05, 3.63) is 60.4 Å². The zero-order valence-electron chi connectivity index (χ0n) is 17.1. The number of aryl methyl sites for hydroxylation is 1. The van der Waals surface area contributed by atoms with E-state index in [4.69, 9.17) is 0 Å². The average molecular weight is 410 g/mol. The van der Waals surface area contributed by atoms with Gasteiger partial charge in [-0.2, -0.15) is 0 Å². The molecule has 0 aliphatic carbocycles. The van der Waals surface area contributed by atoms with E-state index in [1.807, 2.05) is 12.1 Å². The normalized spacial score (nSPS) is 22.3. The van der Waals surface area contributed by atoms with Crippen molar-refractivity contribution in [1.82, 2.24) is 14.8 Å². The minimum absolute atomic E-state index is 0.282. The van der Waals surface area contributed by atoms with E-state index in [1.54, 1.807) is 24.2 Å². The molecule has 3 heterocycles. The zero-order chi connectivity index (χ0) is 19.9. The zero-order valence-corrected chi connectivity index (χ0v) is 17.9. The molecule has 1 atom stereocenters. The summed E-state index contributed by atoms with van der Waals surface area (Å²) >= 11 is 1.62. The number of carbonyl (C=O) groups is 1. The minimum Gasteiger partial charge on any atom is -0.341 e. The highest BCUT2D eigenvalue weighted by atomic mass is 32.2. The van der Waals surface area contributed by atoms with E-state index in [0.29, 0.717) is 11.2 Å². The number of pyridine rings is 1. The van der Waals surface area contributed by atoms with Crippen LogP contribution in [0.3, 0.4) is 0 Å². The molecule has 154 valence electrons. The van der Waals surface area contributed by atoms with Crippen LogP contribution in [0.1, 0.15) is 31.2 Å². The first-order chi connectivity index (χ1) is 14.2. The molecule has 2 aliphatic heterocycles. The van der Waals surface area contributed by atoms with Crippen LogP contribution in [0.25, 0.3) is 0 Å². The van der Waals surface area contributed by atoms with E-state index in [9.17, 15) is 4.79 Å². The quantitative estimate of drug-likeness (QED) is 0.645. The Morgan fingerprint density at radius 2 is 1.86 bits per heavy atom. The van der Waals surface area contributed by atoms with Crippen molar-refractivity contribution in [2.75, 3.05) is 38.5 Å². The highest BCUT2D eigenvalue weighted by Crippen LogP contribution is 2.39. The van der Waals surface area contributed by atoms with E-state index >= 15 is 0 Å². The molecule has 0 saturated carbocycles. The van der Waals surface area contributed by atoms with Crippen LogP contribution in [0.15, 0.2) is 59.8 Å². The summed E-state index contributed by atoms with van der Waals surface area (Å²) in [6.07, 6.45) is 9.63. The first-order valence-corrected chi connectivity index (χ1v) is 11.8. The first kappa shape index (κ1) is 20.4. The fourth-order valence-corrected chi connectivity index (χ4v) is 5.59. The van der Waals surface area contributed by atoms with Gasteiger partial charge in [0.2, 0.25) is 5.91 Å².